The van der Waals surface area contributed by atoms with Crippen LogP contribution in [0.3, 0.4) is 0 Å². The van der Waals surface area contributed by atoms with Crippen LogP contribution in [-0.2, 0) is 0 Å². The van der Waals surface area contributed by atoms with E-state index in [1.807, 2.05) is 6.92 Å². The molecule has 0 aromatic carbocycles. The van der Waals surface area contributed by atoms with Crippen molar-refractivity contribution in [1.82, 2.24) is 4.37 Å². The molecule has 0 radical (unpaired) electrons. The molecule has 1 heterocycles. The molecule has 1 saturated carbocycles. The Morgan fingerprint density at radius 3 is 2.82 bits per heavy atom. The van der Waals surface area contributed by atoms with Gasteiger partial charge in [-0.2, -0.15) is 4.37 Å². The van der Waals surface area contributed by atoms with E-state index in [2.05, 4.69) is 16.6 Å². The Morgan fingerprint density at radius 2 is 2.24 bits per heavy atom. The molecule has 0 unspecified atom stereocenters. The number of hydrogen-bond acceptors (Lipinski definition) is 5. The predicted octanol–water partition coefficient (Wildman–Crippen LogP) is 3.12. The van der Waals surface area contributed by atoms with E-state index in [1.165, 1.54) is 37.2 Å². The van der Waals surface area contributed by atoms with Crippen LogP contribution in [0.25, 0.3) is 0 Å². The molecule has 0 spiro atoms. The van der Waals surface area contributed by atoms with Gasteiger partial charge in [-0.1, -0.05) is 13.3 Å². The first kappa shape index (κ1) is 12.5. The lowest BCUT2D eigenvalue weighted by atomic mass is 10.0. The van der Waals surface area contributed by atoms with Crippen LogP contribution >= 0.6 is 11.5 Å². The number of nitrogen functional groups attached to an aromatic ring is 1. The third-order valence-electron chi connectivity index (χ3n) is 3.32. The van der Waals surface area contributed by atoms with E-state index in [4.69, 9.17) is 10.5 Å². The first-order valence-corrected chi connectivity index (χ1v) is 7.10. The molecule has 1 aromatic rings. The Labute approximate surface area is 107 Å². The molecule has 0 amide bonds. The zero-order chi connectivity index (χ0) is 12.3. The average molecular weight is 255 g/mol. The number of nitrogens with zero attached hydrogens (tertiary/aromatic N) is 1. The summed E-state index contributed by atoms with van der Waals surface area (Å²) in [5.41, 5.74) is 6.30. The minimum Gasteiger partial charge on any atom is -0.487 e. The molecule has 96 valence electrons. The van der Waals surface area contributed by atoms with E-state index in [9.17, 15) is 0 Å². The van der Waals surface area contributed by atoms with Gasteiger partial charge in [0.05, 0.1) is 6.61 Å². The fourth-order valence-electron chi connectivity index (χ4n) is 2.18. The summed E-state index contributed by atoms with van der Waals surface area (Å²) in [4.78, 5) is 0. The predicted molar refractivity (Wildman–Crippen MR) is 72.8 cm³/mol. The topological polar surface area (TPSA) is 60.2 Å². The summed E-state index contributed by atoms with van der Waals surface area (Å²) in [5, 5.41) is 4.44. The van der Waals surface area contributed by atoms with E-state index >= 15 is 0 Å². The smallest absolute Gasteiger partial charge is 0.197 e. The highest BCUT2D eigenvalue weighted by atomic mass is 32.1. The molecule has 4 nitrogen and oxygen atoms in total. The van der Waals surface area contributed by atoms with Gasteiger partial charge in [-0.25, -0.2) is 0 Å². The highest BCUT2D eigenvalue weighted by molar-refractivity contribution is 7.11. The van der Waals surface area contributed by atoms with Crippen LogP contribution in [0, 0.1) is 5.41 Å². The van der Waals surface area contributed by atoms with E-state index in [-0.39, 0.29) is 0 Å². The molecule has 0 aliphatic heterocycles. The molecule has 3 N–H and O–H groups in total. The number of anilines is 2. The SMILES string of the molecule is CCCC1(CNc2snc(N)c2OCC)CC1. The van der Waals surface area contributed by atoms with Crippen molar-refractivity contribution in [3.63, 3.8) is 0 Å². The van der Waals surface area contributed by atoms with Crippen LogP contribution in [0.4, 0.5) is 10.8 Å². The fourth-order valence-corrected chi connectivity index (χ4v) is 2.84. The largest absolute Gasteiger partial charge is 0.487 e. The van der Waals surface area contributed by atoms with Crippen molar-refractivity contribution in [1.29, 1.82) is 0 Å². The third kappa shape index (κ3) is 2.83. The number of nitrogens with one attached hydrogen (secondary N) is 1. The normalized spacial score (nSPS) is 16.8. The summed E-state index contributed by atoms with van der Waals surface area (Å²) < 4.78 is 9.65. The number of rotatable bonds is 7. The van der Waals surface area contributed by atoms with Gasteiger partial charge in [0.1, 0.15) is 0 Å². The average Bonchev–Trinajstić information content (AvgIpc) is 2.99. The highest BCUT2D eigenvalue weighted by Gasteiger charge is 2.41. The van der Waals surface area contributed by atoms with Gasteiger partial charge in [0.25, 0.3) is 0 Å². The van der Waals surface area contributed by atoms with Crippen molar-refractivity contribution in [3.05, 3.63) is 0 Å². The summed E-state index contributed by atoms with van der Waals surface area (Å²) in [6, 6.07) is 0. The van der Waals surface area contributed by atoms with Gasteiger partial charge in [0.15, 0.2) is 16.6 Å². The number of ether oxygens (including phenoxy) is 1. The third-order valence-corrected chi connectivity index (χ3v) is 4.12. The molecule has 5 heteroatoms. The molecular formula is C12H21N3OS. The summed E-state index contributed by atoms with van der Waals surface area (Å²) in [7, 11) is 0. The number of hydrogen-bond donors (Lipinski definition) is 2. The van der Waals surface area contributed by atoms with Crippen molar-refractivity contribution in [2.24, 2.45) is 5.41 Å². The molecule has 0 saturated heterocycles. The van der Waals surface area contributed by atoms with Crippen LogP contribution in [0.2, 0.25) is 0 Å². The Hall–Kier alpha value is -0.970. The van der Waals surface area contributed by atoms with Gasteiger partial charge in [0.2, 0.25) is 0 Å². The molecule has 2 rings (SSSR count). The van der Waals surface area contributed by atoms with Gasteiger partial charge in [-0.05, 0) is 43.1 Å². The number of nitrogens with two attached hydrogens (primary N) is 1. The molecule has 1 aliphatic carbocycles. The van der Waals surface area contributed by atoms with Crippen LogP contribution in [0.5, 0.6) is 5.75 Å². The first-order chi connectivity index (χ1) is 8.21. The highest BCUT2D eigenvalue weighted by Crippen LogP contribution is 2.50. The molecule has 1 aliphatic rings. The van der Waals surface area contributed by atoms with Crippen LogP contribution in [-0.4, -0.2) is 17.5 Å². The Bertz CT molecular complexity index is 374. The fraction of sp³-hybridized carbons (Fsp3) is 0.750. The molecule has 1 fully saturated rings. The lowest BCUT2D eigenvalue weighted by Crippen LogP contribution is -2.15. The monoisotopic (exact) mass is 255 g/mol. The Balaban J connectivity index is 1.94. The van der Waals surface area contributed by atoms with Crippen LogP contribution in [0.15, 0.2) is 0 Å². The Kier molecular flexibility index (Phi) is 3.76. The first-order valence-electron chi connectivity index (χ1n) is 6.32. The van der Waals surface area contributed by atoms with Crippen molar-refractivity contribution in [2.75, 3.05) is 24.2 Å². The summed E-state index contributed by atoms with van der Waals surface area (Å²) in [5.74, 6) is 1.23. The second-order valence-corrected chi connectivity index (χ2v) is 5.54. The maximum Gasteiger partial charge on any atom is 0.197 e. The van der Waals surface area contributed by atoms with Crippen molar-refractivity contribution >= 4 is 22.4 Å². The molecule has 1 aromatic heterocycles. The standard InChI is InChI=1S/C12H21N3OS/c1-3-5-12(6-7-12)8-14-11-9(16-4-2)10(13)15-17-11/h14H,3-8H2,1-2H3,(H2,13,15). The quantitative estimate of drug-likeness (QED) is 0.786. The maximum absolute atomic E-state index is 5.78. The van der Waals surface area contributed by atoms with E-state index in [0.29, 0.717) is 17.8 Å². The summed E-state index contributed by atoms with van der Waals surface area (Å²) >= 11 is 1.39. The maximum atomic E-state index is 5.78. The van der Waals surface area contributed by atoms with E-state index in [1.54, 1.807) is 0 Å². The summed E-state index contributed by atoms with van der Waals surface area (Å²) in [6.07, 6.45) is 5.24. The summed E-state index contributed by atoms with van der Waals surface area (Å²) in [6.45, 7) is 5.84. The Morgan fingerprint density at radius 1 is 1.47 bits per heavy atom. The van der Waals surface area contributed by atoms with Crippen molar-refractivity contribution < 1.29 is 4.74 Å². The van der Waals surface area contributed by atoms with Crippen molar-refractivity contribution in [3.8, 4) is 5.75 Å². The second-order valence-electron chi connectivity index (χ2n) is 4.76. The molecule has 0 atom stereocenters. The molecule has 17 heavy (non-hydrogen) atoms. The molecule has 0 bridgehead atoms. The number of aromatic nitrogens is 1. The zero-order valence-corrected chi connectivity index (χ0v) is 11.4. The zero-order valence-electron chi connectivity index (χ0n) is 10.6. The van der Waals surface area contributed by atoms with Crippen LogP contribution < -0.4 is 15.8 Å². The van der Waals surface area contributed by atoms with Gasteiger partial charge in [-0.15, -0.1) is 0 Å². The lowest BCUT2D eigenvalue weighted by Gasteiger charge is -2.15. The van der Waals surface area contributed by atoms with Gasteiger partial charge < -0.3 is 15.8 Å². The van der Waals surface area contributed by atoms with E-state index in [0.717, 1.165) is 17.3 Å². The molecular weight excluding hydrogens is 234 g/mol. The minimum atomic E-state index is 0.500. The van der Waals surface area contributed by atoms with Crippen LogP contribution in [0.1, 0.15) is 39.5 Å². The van der Waals surface area contributed by atoms with Gasteiger partial charge in [-0.3, -0.25) is 0 Å². The minimum absolute atomic E-state index is 0.500. The van der Waals surface area contributed by atoms with Gasteiger partial charge in [0, 0.05) is 6.54 Å². The second kappa shape index (κ2) is 5.12. The van der Waals surface area contributed by atoms with Gasteiger partial charge >= 0.3 is 0 Å². The van der Waals surface area contributed by atoms with E-state index < -0.39 is 0 Å². The lowest BCUT2D eigenvalue weighted by molar-refractivity contribution is 0.344. The van der Waals surface area contributed by atoms with Crippen molar-refractivity contribution in [2.45, 2.75) is 39.5 Å².